The molecule has 29 heavy (non-hydrogen) atoms. The Morgan fingerprint density at radius 1 is 1.03 bits per heavy atom. The topological polar surface area (TPSA) is 49.0 Å². The van der Waals surface area contributed by atoms with Gasteiger partial charge in [-0.05, 0) is 41.1 Å². The van der Waals surface area contributed by atoms with Crippen LogP contribution in [0.1, 0.15) is 12.5 Å². The van der Waals surface area contributed by atoms with Crippen molar-refractivity contribution >= 4 is 10.8 Å². The third kappa shape index (κ3) is 3.20. The number of rotatable bonds is 4. The number of hydrogen-bond acceptors (Lipinski definition) is 3. The number of hydrogen-bond donors (Lipinski definition) is 0. The van der Waals surface area contributed by atoms with Crippen molar-refractivity contribution in [2.45, 2.75) is 13.3 Å². The zero-order chi connectivity index (χ0) is 20.7. The number of aromatic nitrogens is 3. The molecule has 0 aliphatic carbocycles. The average molecular weight is 391 g/mol. The summed E-state index contributed by atoms with van der Waals surface area (Å²) in [5.41, 5.74) is 4.01. The molecule has 5 nitrogen and oxygen atoms in total. The van der Waals surface area contributed by atoms with E-state index in [0.29, 0.717) is 23.1 Å². The Bertz CT molecular complexity index is 1290. The van der Waals surface area contributed by atoms with Gasteiger partial charge in [0.05, 0.1) is 13.3 Å². The molecular formula is C23H22FN3O2. The van der Waals surface area contributed by atoms with Gasteiger partial charge in [0.25, 0.3) is 5.56 Å². The standard InChI is InChI=1S/C23H22FN3O2/c1-5-14-8-19(22(29-4)10-21(14)24)20-13-26(2)23(28)17-7-6-15(9-18(17)20)16-11-25-27(3)12-16/h6-13H,5H2,1-4H3. The zero-order valence-electron chi connectivity index (χ0n) is 16.9. The summed E-state index contributed by atoms with van der Waals surface area (Å²) in [5, 5.41) is 5.63. The van der Waals surface area contributed by atoms with Gasteiger partial charge < -0.3 is 9.30 Å². The van der Waals surface area contributed by atoms with Crippen LogP contribution in [0.3, 0.4) is 0 Å². The van der Waals surface area contributed by atoms with Gasteiger partial charge in [-0.25, -0.2) is 4.39 Å². The molecule has 2 aromatic carbocycles. The van der Waals surface area contributed by atoms with Crippen molar-refractivity contribution < 1.29 is 9.13 Å². The Morgan fingerprint density at radius 3 is 2.48 bits per heavy atom. The third-order valence-electron chi connectivity index (χ3n) is 5.26. The number of pyridine rings is 1. The lowest BCUT2D eigenvalue weighted by atomic mass is 9.95. The minimum absolute atomic E-state index is 0.0849. The number of methoxy groups -OCH3 is 1. The molecule has 0 N–H and O–H groups in total. The molecule has 0 unspecified atom stereocenters. The molecule has 0 aliphatic rings. The molecule has 0 saturated heterocycles. The molecule has 0 spiro atoms. The number of fused-ring (bicyclic) bond motifs is 1. The highest BCUT2D eigenvalue weighted by Gasteiger charge is 2.17. The predicted molar refractivity (Wildman–Crippen MR) is 113 cm³/mol. The smallest absolute Gasteiger partial charge is 0.258 e. The first-order chi connectivity index (χ1) is 13.9. The maximum Gasteiger partial charge on any atom is 0.258 e. The van der Waals surface area contributed by atoms with Crippen LogP contribution in [0.15, 0.2) is 53.7 Å². The molecule has 2 aromatic heterocycles. The van der Waals surface area contributed by atoms with Gasteiger partial charge in [0.1, 0.15) is 11.6 Å². The fourth-order valence-electron chi connectivity index (χ4n) is 3.68. The van der Waals surface area contributed by atoms with Crippen molar-refractivity contribution in [1.82, 2.24) is 14.3 Å². The van der Waals surface area contributed by atoms with E-state index in [1.807, 2.05) is 44.4 Å². The molecule has 4 rings (SSSR count). The SMILES string of the molecule is CCc1cc(-c2cn(C)c(=O)c3ccc(-c4cnn(C)c4)cc23)c(OC)cc1F. The fraction of sp³-hybridized carbons (Fsp3) is 0.217. The lowest BCUT2D eigenvalue weighted by Gasteiger charge is -2.15. The van der Waals surface area contributed by atoms with E-state index in [2.05, 4.69) is 5.10 Å². The molecule has 0 radical (unpaired) electrons. The molecule has 4 aromatic rings. The second-order valence-corrected chi connectivity index (χ2v) is 7.12. The van der Waals surface area contributed by atoms with Gasteiger partial charge in [0.15, 0.2) is 0 Å². The largest absolute Gasteiger partial charge is 0.496 e. The van der Waals surface area contributed by atoms with Crippen LogP contribution in [0.5, 0.6) is 5.75 Å². The number of benzene rings is 2. The van der Waals surface area contributed by atoms with E-state index in [1.165, 1.54) is 13.2 Å². The monoisotopic (exact) mass is 391 g/mol. The van der Waals surface area contributed by atoms with Gasteiger partial charge in [-0.3, -0.25) is 9.48 Å². The van der Waals surface area contributed by atoms with Crippen LogP contribution >= 0.6 is 0 Å². The molecule has 0 atom stereocenters. The Balaban J connectivity index is 2.06. The lowest BCUT2D eigenvalue weighted by Crippen LogP contribution is -2.16. The van der Waals surface area contributed by atoms with Crippen LogP contribution in [0, 0.1) is 5.82 Å². The molecule has 2 heterocycles. The van der Waals surface area contributed by atoms with E-state index in [9.17, 15) is 9.18 Å². The Labute approximate surface area is 168 Å². The van der Waals surface area contributed by atoms with Crippen molar-refractivity contribution in [3.05, 3.63) is 70.7 Å². The van der Waals surface area contributed by atoms with Crippen molar-refractivity contribution in [3.8, 4) is 28.0 Å². The van der Waals surface area contributed by atoms with Gasteiger partial charge in [-0.15, -0.1) is 0 Å². The summed E-state index contributed by atoms with van der Waals surface area (Å²) in [7, 11) is 5.10. The first-order valence-electron chi connectivity index (χ1n) is 9.42. The van der Waals surface area contributed by atoms with Gasteiger partial charge >= 0.3 is 0 Å². The van der Waals surface area contributed by atoms with E-state index in [0.717, 1.165) is 27.6 Å². The summed E-state index contributed by atoms with van der Waals surface area (Å²) in [6.07, 6.45) is 6.06. The molecule has 0 saturated carbocycles. The second-order valence-electron chi connectivity index (χ2n) is 7.12. The molecule has 0 amide bonds. The molecular weight excluding hydrogens is 369 g/mol. The Morgan fingerprint density at radius 2 is 1.83 bits per heavy atom. The van der Waals surface area contributed by atoms with Crippen LogP contribution in [-0.4, -0.2) is 21.5 Å². The number of nitrogens with zero attached hydrogens (tertiary/aromatic N) is 3. The Hall–Kier alpha value is -3.41. The molecule has 6 heteroatoms. The quantitative estimate of drug-likeness (QED) is 0.521. The predicted octanol–water partition coefficient (Wildman–Crippen LogP) is 4.32. The average Bonchev–Trinajstić information content (AvgIpc) is 3.16. The normalized spacial score (nSPS) is 11.2. The lowest BCUT2D eigenvalue weighted by molar-refractivity contribution is 0.412. The first-order valence-corrected chi connectivity index (χ1v) is 9.42. The van der Waals surface area contributed by atoms with Crippen molar-refractivity contribution in [1.29, 1.82) is 0 Å². The fourth-order valence-corrected chi connectivity index (χ4v) is 3.68. The molecule has 148 valence electrons. The number of aryl methyl sites for hydroxylation is 3. The van der Waals surface area contributed by atoms with E-state index in [1.54, 1.807) is 28.7 Å². The third-order valence-corrected chi connectivity index (χ3v) is 5.26. The van der Waals surface area contributed by atoms with Gasteiger partial charge in [0.2, 0.25) is 0 Å². The number of halogens is 1. The van der Waals surface area contributed by atoms with E-state index >= 15 is 0 Å². The molecule has 0 fully saturated rings. The summed E-state index contributed by atoms with van der Waals surface area (Å²) in [4.78, 5) is 12.8. The van der Waals surface area contributed by atoms with Crippen LogP contribution in [0.2, 0.25) is 0 Å². The van der Waals surface area contributed by atoms with Crippen molar-refractivity contribution in [2.75, 3.05) is 7.11 Å². The van der Waals surface area contributed by atoms with Gasteiger partial charge in [-0.1, -0.05) is 13.0 Å². The van der Waals surface area contributed by atoms with Crippen LogP contribution in [-0.2, 0) is 20.5 Å². The maximum atomic E-state index is 14.3. The first kappa shape index (κ1) is 18.9. The minimum Gasteiger partial charge on any atom is -0.496 e. The van der Waals surface area contributed by atoms with Crippen molar-refractivity contribution in [3.63, 3.8) is 0 Å². The zero-order valence-corrected chi connectivity index (χ0v) is 16.9. The number of ether oxygens (including phenoxy) is 1. The maximum absolute atomic E-state index is 14.3. The van der Waals surface area contributed by atoms with Crippen LogP contribution < -0.4 is 10.3 Å². The van der Waals surface area contributed by atoms with E-state index in [4.69, 9.17) is 4.74 Å². The van der Waals surface area contributed by atoms with Crippen LogP contribution in [0.4, 0.5) is 4.39 Å². The van der Waals surface area contributed by atoms with E-state index in [-0.39, 0.29) is 11.4 Å². The summed E-state index contributed by atoms with van der Waals surface area (Å²) in [6, 6.07) is 8.96. The van der Waals surface area contributed by atoms with E-state index < -0.39 is 0 Å². The molecule has 0 aliphatic heterocycles. The van der Waals surface area contributed by atoms with Gasteiger partial charge in [0, 0.05) is 54.6 Å². The summed E-state index contributed by atoms with van der Waals surface area (Å²) >= 11 is 0. The highest BCUT2D eigenvalue weighted by Crippen LogP contribution is 2.37. The Kier molecular flexibility index (Phi) is 4.70. The minimum atomic E-state index is -0.293. The second kappa shape index (κ2) is 7.20. The molecule has 0 bridgehead atoms. The summed E-state index contributed by atoms with van der Waals surface area (Å²) in [6.45, 7) is 1.91. The summed E-state index contributed by atoms with van der Waals surface area (Å²) < 4.78 is 23.1. The summed E-state index contributed by atoms with van der Waals surface area (Å²) in [5.74, 6) is 0.143. The van der Waals surface area contributed by atoms with Gasteiger partial charge in [-0.2, -0.15) is 5.10 Å². The highest BCUT2D eigenvalue weighted by molar-refractivity contribution is 5.99. The van der Waals surface area contributed by atoms with Crippen molar-refractivity contribution in [2.24, 2.45) is 14.1 Å². The highest BCUT2D eigenvalue weighted by atomic mass is 19.1. The van der Waals surface area contributed by atoms with Crippen LogP contribution in [0.25, 0.3) is 33.0 Å².